The molecule has 0 amide bonds. The van der Waals surface area contributed by atoms with Gasteiger partial charge in [-0.2, -0.15) is 0 Å². The second-order valence-electron chi connectivity index (χ2n) is 6.56. The minimum atomic E-state index is -0.146. The lowest BCUT2D eigenvalue weighted by Crippen LogP contribution is -2.13. The first-order valence-electron chi connectivity index (χ1n) is 8.24. The summed E-state index contributed by atoms with van der Waals surface area (Å²) in [5.41, 5.74) is 1.20. The first-order valence-corrected chi connectivity index (χ1v) is 8.24. The predicted octanol–water partition coefficient (Wildman–Crippen LogP) is 4.05. The maximum atomic E-state index is 11.9. The van der Waals surface area contributed by atoms with E-state index in [1.165, 1.54) is 5.56 Å². The third kappa shape index (κ3) is 5.89. The lowest BCUT2D eigenvalue weighted by atomic mass is 9.96. The molecule has 0 N–H and O–H groups in total. The minimum Gasteiger partial charge on any atom is -0.457 e. The van der Waals surface area contributed by atoms with Crippen LogP contribution in [-0.2, 0) is 22.7 Å². The third-order valence-corrected chi connectivity index (χ3v) is 3.75. The van der Waals surface area contributed by atoms with E-state index in [0.717, 1.165) is 18.8 Å². The minimum absolute atomic E-state index is 0.146. The van der Waals surface area contributed by atoms with E-state index in [1.807, 2.05) is 29.0 Å². The van der Waals surface area contributed by atoms with Gasteiger partial charge in [0, 0.05) is 25.4 Å². The van der Waals surface area contributed by atoms with Gasteiger partial charge in [0.2, 0.25) is 0 Å². The maximum Gasteiger partial charge on any atom is 0.306 e. The van der Waals surface area contributed by atoms with Crippen molar-refractivity contribution in [1.29, 1.82) is 0 Å². The van der Waals surface area contributed by atoms with Gasteiger partial charge in [0.15, 0.2) is 0 Å². The first-order chi connectivity index (χ1) is 11.0. The molecular formula is C19H26N2O2. The molecule has 0 spiro atoms. The van der Waals surface area contributed by atoms with Crippen LogP contribution < -0.4 is 0 Å². The van der Waals surface area contributed by atoms with Gasteiger partial charge in [-0.05, 0) is 23.8 Å². The zero-order valence-electron chi connectivity index (χ0n) is 14.2. The van der Waals surface area contributed by atoms with E-state index in [-0.39, 0.29) is 12.6 Å². The average Bonchev–Trinajstić information content (AvgIpc) is 2.92. The number of aromatic nitrogens is 2. The van der Waals surface area contributed by atoms with Crippen LogP contribution in [0.2, 0.25) is 0 Å². The molecule has 0 aliphatic rings. The molecule has 4 heteroatoms. The highest BCUT2D eigenvalue weighted by Crippen LogP contribution is 2.15. The van der Waals surface area contributed by atoms with E-state index >= 15 is 0 Å². The molecule has 0 bridgehead atoms. The van der Waals surface area contributed by atoms with Crippen molar-refractivity contribution in [2.24, 2.45) is 11.8 Å². The molecular weight excluding hydrogens is 288 g/mol. The molecule has 0 saturated carbocycles. The number of hydrogen-bond acceptors (Lipinski definition) is 3. The van der Waals surface area contributed by atoms with Gasteiger partial charge in [-0.15, -0.1) is 0 Å². The number of carbonyl (C=O) groups is 1. The van der Waals surface area contributed by atoms with Gasteiger partial charge >= 0.3 is 5.97 Å². The quantitative estimate of drug-likeness (QED) is 0.691. The Morgan fingerprint density at radius 1 is 1.22 bits per heavy atom. The molecule has 124 valence electrons. The number of imidazole rings is 1. The van der Waals surface area contributed by atoms with Gasteiger partial charge in [0.25, 0.3) is 0 Å². The van der Waals surface area contributed by atoms with Gasteiger partial charge in [0.1, 0.15) is 12.4 Å². The van der Waals surface area contributed by atoms with Crippen molar-refractivity contribution in [3.63, 3.8) is 0 Å². The second-order valence-corrected chi connectivity index (χ2v) is 6.56. The highest BCUT2D eigenvalue weighted by molar-refractivity contribution is 5.69. The number of carbonyl (C=O) groups excluding carboxylic acids is 1. The number of nitrogens with zero attached hydrogens (tertiary/aromatic N) is 2. The van der Waals surface area contributed by atoms with Crippen LogP contribution in [0.15, 0.2) is 42.7 Å². The van der Waals surface area contributed by atoms with Crippen LogP contribution in [0.4, 0.5) is 0 Å². The van der Waals surface area contributed by atoms with Crippen molar-refractivity contribution < 1.29 is 9.53 Å². The summed E-state index contributed by atoms with van der Waals surface area (Å²) in [6, 6.07) is 10.2. The van der Waals surface area contributed by atoms with E-state index in [9.17, 15) is 4.79 Å². The van der Waals surface area contributed by atoms with Gasteiger partial charge in [-0.25, -0.2) is 4.98 Å². The molecule has 0 saturated heterocycles. The van der Waals surface area contributed by atoms with Crippen molar-refractivity contribution in [3.05, 3.63) is 54.1 Å². The predicted molar refractivity (Wildman–Crippen MR) is 90.8 cm³/mol. The summed E-state index contributed by atoms with van der Waals surface area (Å²) in [5.74, 6) is 1.58. The summed E-state index contributed by atoms with van der Waals surface area (Å²) in [4.78, 5) is 16.2. The van der Waals surface area contributed by atoms with Crippen molar-refractivity contribution in [1.82, 2.24) is 9.55 Å². The van der Waals surface area contributed by atoms with Gasteiger partial charge in [-0.3, -0.25) is 4.79 Å². The zero-order chi connectivity index (χ0) is 16.7. The molecule has 0 aliphatic heterocycles. The van der Waals surface area contributed by atoms with Crippen LogP contribution in [0.1, 0.15) is 45.0 Å². The smallest absolute Gasteiger partial charge is 0.306 e. The molecule has 1 unspecified atom stereocenters. The number of esters is 1. The van der Waals surface area contributed by atoms with Crippen LogP contribution >= 0.6 is 0 Å². The Balaban J connectivity index is 1.84. The molecule has 0 fully saturated rings. The summed E-state index contributed by atoms with van der Waals surface area (Å²) in [5, 5.41) is 0. The summed E-state index contributed by atoms with van der Waals surface area (Å²) in [6.07, 6.45) is 5.17. The van der Waals surface area contributed by atoms with E-state index < -0.39 is 0 Å². The summed E-state index contributed by atoms with van der Waals surface area (Å²) < 4.78 is 7.41. The Kier molecular flexibility index (Phi) is 6.39. The van der Waals surface area contributed by atoms with E-state index in [4.69, 9.17) is 4.74 Å². The lowest BCUT2D eigenvalue weighted by molar-refractivity contribution is -0.146. The SMILES string of the molecule is CC(C)CC(C)CC(=O)OCc1nccn1Cc1ccccc1. The van der Waals surface area contributed by atoms with Crippen LogP contribution in [-0.4, -0.2) is 15.5 Å². The Morgan fingerprint density at radius 2 is 1.96 bits per heavy atom. The normalized spacial score (nSPS) is 12.3. The zero-order valence-corrected chi connectivity index (χ0v) is 14.2. The molecule has 23 heavy (non-hydrogen) atoms. The number of ether oxygens (including phenoxy) is 1. The fourth-order valence-corrected chi connectivity index (χ4v) is 2.78. The van der Waals surface area contributed by atoms with Crippen molar-refractivity contribution in [3.8, 4) is 0 Å². The molecule has 1 aromatic carbocycles. The Morgan fingerprint density at radius 3 is 2.65 bits per heavy atom. The first kappa shape index (κ1) is 17.3. The van der Waals surface area contributed by atoms with Crippen LogP contribution in [0.3, 0.4) is 0 Å². The van der Waals surface area contributed by atoms with Crippen molar-refractivity contribution in [2.75, 3.05) is 0 Å². The monoisotopic (exact) mass is 314 g/mol. The Bertz CT molecular complexity index is 605. The van der Waals surface area contributed by atoms with Crippen LogP contribution in [0, 0.1) is 11.8 Å². The maximum absolute atomic E-state index is 11.9. The van der Waals surface area contributed by atoms with Crippen LogP contribution in [0.25, 0.3) is 0 Å². The third-order valence-electron chi connectivity index (χ3n) is 3.75. The number of benzene rings is 1. The highest BCUT2D eigenvalue weighted by Gasteiger charge is 2.13. The molecule has 0 aliphatic carbocycles. The molecule has 0 radical (unpaired) electrons. The molecule has 1 heterocycles. The van der Waals surface area contributed by atoms with Crippen molar-refractivity contribution >= 4 is 5.97 Å². The van der Waals surface area contributed by atoms with Gasteiger partial charge < -0.3 is 9.30 Å². The molecule has 2 rings (SSSR count). The van der Waals surface area contributed by atoms with Gasteiger partial charge in [-0.1, -0.05) is 51.1 Å². The summed E-state index contributed by atoms with van der Waals surface area (Å²) in [7, 11) is 0. The topological polar surface area (TPSA) is 44.1 Å². The average molecular weight is 314 g/mol. The van der Waals surface area contributed by atoms with E-state index in [0.29, 0.717) is 18.3 Å². The lowest BCUT2D eigenvalue weighted by Gasteiger charge is -2.13. The van der Waals surface area contributed by atoms with E-state index in [2.05, 4.69) is 37.9 Å². The largest absolute Gasteiger partial charge is 0.457 e. The molecule has 1 atom stereocenters. The standard InChI is InChI=1S/C19H26N2O2/c1-15(2)11-16(3)12-19(22)23-14-18-20-9-10-21(18)13-17-7-5-4-6-8-17/h4-10,15-16H,11-14H2,1-3H3. The summed E-state index contributed by atoms with van der Waals surface area (Å²) >= 11 is 0. The Hall–Kier alpha value is -2.10. The molecule has 1 aromatic heterocycles. The molecule has 2 aromatic rings. The van der Waals surface area contributed by atoms with Gasteiger partial charge in [0.05, 0.1) is 0 Å². The highest BCUT2D eigenvalue weighted by atomic mass is 16.5. The Labute approximate surface area is 138 Å². The van der Waals surface area contributed by atoms with E-state index in [1.54, 1.807) is 6.20 Å². The fraction of sp³-hybridized carbons (Fsp3) is 0.474. The summed E-state index contributed by atoms with van der Waals surface area (Å²) in [6.45, 7) is 7.40. The second kappa shape index (κ2) is 8.51. The van der Waals surface area contributed by atoms with Crippen LogP contribution in [0.5, 0.6) is 0 Å². The molecule has 4 nitrogen and oxygen atoms in total. The van der Waals surface area contributed by atoms with Crippen molar-refractivity contribution in [2.45, 2.75) is 46.8 Å². The fourth-order valence-electron chi connectivity index (χ4n) is 2.78. The number of hydrogen-bond donors (Lipinski definition) is 0. The number of rotatable bonds is 8.